The number of thiazole rings is 1. The number of carbonyl (C=O) groups is 1. The second kappa shape index (κ2) is 5.97. The van der Waals surface area contributed by atoms with Crippen LogP contribution in [0, 0.1) is 6.92 Å². The highest BCUT2D eigenvalue weighted by Crippen LogP contribution is 2.26. The Hall–Kier alpha value is -1.33. The zero-order valence-electron chi connectivity index (χ0n) is 11.3. The maximum Gasteiger partial charge on any atom is 0.253 e. The Labute approximate surface area is 127 Å². The molecule has 2 heterocycles. The molecule has 1 aliphatic heterocycles. The van der Waals surface area contributed by atoms with E-state index in [1.807, 2.05) is 36.1 Å². The summed E-state index contributed by atoms with van der Waals surface area (Å²) >= 11 is 3.43. The monoisotopic (exact) mass is 304 g/mol. The van der Waals surface area contributed by atoms with Gasteiger partial charge in [-0.1, -0.05) is 23.9 Å². The van der Waals surface area contributed by atoms with E-state index in [0.29, 0.717) is 0 Å². The van der Waals surface area contributed by atoms with Crippen LogP contribution in [0.15, 0.2) is 34.0 Å². The molecule has 1 amide bonds. The molecule has 5 heteroatoms. The Kier molecular flexibility index (Phi) is 4.08. The molecule has 3 nitrogen and oxygen atoms in total. The molecule has 0 spiro atoms. The van der Waals surface area contributed by atoms with E-state index in [1.165, 1.54) is 5.56 Å². The maximum atomic E-state index is 12.0. The van der Waals surface area contributed by atoms with Crippen molar-refractivity contribution >= 4 is 29.0 Å². The van der Waals surface area contributed by atoms with Crippen LogP contribution in [0.4, 0.5) is 0 Å². The molecule has 0 unspecified atom stereocenters. The number of aromatic nitrogens is 1. The van der Waals surface area contributed by atoms with E-state index in [4.69, 9.17) is 0 Å². The fraction of sp³-hybridized carbons (Fsp3) is 0.333. The average Bonchev–Trinajstić information content (AvgIpc) is 2.81. The van der Waals surface area contributed by atoms with Crippen LogP contribution in [0.5, 0.6) is 0 Å². The van der Waals surface area contributed by atoms with Crippen molar-refractivity contribution in [3.8, 4) is 0 Å². The molecule has 2 aromatic rings. The maximum absolute atomic E-state index is 12.0. The molecule has 0 bridgehead atoms. The summed E-state index contributed by atoms with van der Waals surface area (Å²) in [7, 11) is 0. The topological polar surface area (TPSA) is 33.2 Å². The zero-order chi connectivity index (χ0) is 13.9. The first kappa shape index (κ1) is 13.6. The van der Waals surface area contributed by atoms with Crippen LogP contribution in [0.25, 0.3) is 0 Å². The number of aryl methyl sites for hydroxylation is 1. The van der Waals surface area contributed by atoms with E-state index in [-0.39, 0.29) is 5.91 Å². The van der Waals surface area contributed by atoms with E-state index in [9.17, 15) is 4.79 Å². The molecular weight excluding hydrogens is 288 g/mol. The summed E-state index contributed by atoms with van der Waals surface area (Å²) in [5, 5.41) is 2.07. The summed E-state index contributed by atoms with van der Waals surface area (Å²) in [5.74, 6) is 1.05. The molecule has 20 heavy (non-hydrogen) atoms. The van der Waals surface area contributed by atoms with Gasteiger partial charge in [0.1, 0.15) is 4.34 Å². The quantitative estimate of drug-likeness (QED) is 0.809. The summed E-state index contributed by atoms with van der Waals surface area (Å²) in [5.41, 5.74) is 3.10. The normalized spacial score (nSPS) is 14.2. The van der Waals surface area contributed by atoms with Gasteiger partial charge in [0.15, 0.2) is 0 Å². The Bertz CT molecular complexity index is 603. The van der Waals surface area contributed by atoms with Gasteiger partial charge < -0.3 is 4.90 Å². The third kappa shape index (κ3) is 3.04. The van der Waals surface area contributed by atoms with E-state index in [0.717, 1.165) is 40.9 Å². The van der Waals surface area contributed by atoms with Gasteiger partial charge in [-0.3, -0.25) is 4.79 Å². The van der Waals surface area contributed by atoms with Crippen molar-refractivity contribution in [2.24, 2.45) is 0 Å². The van der Waals surface area contributed by atoms with Crippen molar-refractivity contribution in [3.63, 3.8) is 0 Å². The predicted octanol–water partition coefficient (Wildman–Crippen LogP) is 3.59. The molecule has 0 aliphatic carbocycles. The number of hydrogen-bond donors (Lipinski definition) is 0. The van der Waals surface area contributed by atoms with Crippen LogP contribution >= 0.6 is 23.1 Å². The van der Waals surface area contributed by atoms with E-state index in [1.54, 1.807) is 23.1 Å². The lowest BCUT2D eigenvalue weighted by molar-refractivity contribution is 0.0652. The van der Waals surface area contributed by atoms with Crippen LogP contribution in [0.1, 0.15) is 28.0 Å². The largest absolute Gasteiger partial charge is 0.339 e. The zero-order valence-corrected chi connectivity index (χ0v) is 13.0. The van der Waals surface area contributed by atoms with Crippen LogP contribution in [0.2, 0.25) is 0 Å². The Balaban J connectivity index is 1.59. The minimum absolute atomic E-state index is 0.158. The molecule has 1 fully saturated rings. The predicted molar refractivity (Wildman–Crippen MR) is 83.4 cm³/mol. The van der Waals surface area contributed by atoms with Crippen LogP contribution < -0.4 is 0 Å². The Morgan fingerprint density at radius 2 is 2.10 bits per heavy atom. The molecule has 1 saturated heterocycles. The number of rotatable bonds is 4. The highest BCUT2D eigenvalue weighted by atomic mass is 32.2. The van der Waals surface area contributed by atoms with Gasteiger partial charge in [-0.2, -0.15) is 0 Å². The highest BCUT2D eigenvalue weighted by Gasteiger charge is 2.21. The summed E-state index contributed by atoms with van der Waals surface area (Å²) in [6, 6.07) is 7.95. The van der Waals surface area contributed by atoms with Crippen molar-refractivity contribution in [2.75, 3.05) is 13.1 Å². The number of hydrogen-bond acceptors (Lipinski definition) is 4. The second-order valence-corrected chi connectivity index (χ2v) is 6.97. The van der Waals surface area contributed by atoms with E-state index < -0.39 is 0 Å². The van der Waals surface area contributed by atoms with Gasteiger partial charge in [0.25, 0.3) is 5.91 Å². The number of carbonyl (C=O) groups excluding carboxylic acids is 1. The number of benzene rings is 1. The van der Waals surface area contributed by atoms with Crippen molar-refractivity contribution in [2.45, 2.75) is 23.4 Å². The standard InChI is InChI=1S/C15H16N2OS2/c1-11-9-19-15(16-11)20-10-12-3-5-13(6-4-12)14(18)17-7-2-8-17/h3-6,9H,2,7-8,10H2,1H3. The minimum Gasteiger partial charge on any atom is -0.339 e. The van der Waals surface area contributed by atoms with Gasteiger partial charge in [0.05, 0.1) is 0 Å². The highest BCUT2D eigenvalue weighted by molar-refractivity contribution is 8.00. The Morgan fingerprint density at radius 1 is 1.35 bits per heavy atom. The lowest BCUT2D eigenvalue weighted by atomic mass is 10.1. The van der Waals surface area contributed by atoms with Gasteiger partial charge >= 0.3 is 0 Å². The molecule has 3 rings (SSSR count). The number of nitrogens with zero attached hydrogens (tertiary/aromatic N) is 2. The van der Waals surface area contributed by atoms with Crippen molar-refractivity contribution < 1.29 is 4.79 Å². The molecule has 0 atom stereocenters. The molecule has 1 aromatic heterocycles. The van der Waals surface area contributed by atoms with Crippen molar-refractivity contribution in [1.29, 1.82) is 0 Å². The van der Waals surface area contributed by atoms with Gasteiger partial charge in [-0.05, 0) is 31.0 Å². The van der Waals surface area contributed by atoms with E-state index in [2.05, 4.69) is 10.4 Å². The van der Waals surface area contributed by atoms with Gasteiger partial charge in [-0.15, -0.1) is 11.3 Å². The van der Waals surface area contributed by atoms with E-state index >= 15 is 0 Å². The number of likely N-dealkylation sites (tertiary alicyclic amines) is 1. The second-order valence-electron chi connectivity index (χ2n) is 4.89. The van der Waals surface area contributed by atoms with Crippen molar-refractivity contribution in [1.82, 2.24) is 9.88 Å². The third-order valence-electron chi connectivity index (χ3n) is 3.30. The summed E-state index contributed by atoms with van der Waals surface area (Å²) in [6.45, 7) is 3.82. The minimum atomic E-state index is 0.158. The van der Waals surface area contributed by atoms with Gasteiger partial charge in [0.2, 0.25) is 0 Å². The summed E-state index contributed by atoms with van der Waals surface area (Å²) < 4.78 is 1.10. The smallest absolute Gasteiger partial charge is 0.253 e. The molecule has 1 aliphatic rings. The van der Waals surface area contributed by atoms with Crippen LogP contribution in [-0.2, 0) is 5.75 Å². The average molecular weight is 304 g/mol. The molecule has 0 radical (unpaired) electrons. The first-order valence-corrected chi connectivity index (χ1v) is 8.52. The molecule has 104 valence electrons. The summed E-state index contributed by atoms with van der Waals surface area (Å²) in [4.78, 5) is 18.4. The first-order chi connectivity index (χ1) is 9.72. The van der Waals surface area contributed by atoms with Gasteiger partial charge in [-0.25, -0.2) is 4.98 Å². The lowest BCUT2D eigenvalue weighted by Crippen LogP contribution is -2.41. The number of thioether (sulfide) groups is 1. The molecule has 0 N–H and O–H groups in total. The molecule has 0 saturated carbocycles. The fourth-order valence-corrected chi connectivity index (χ4v) is 3.79. The third-order valence-corrected chi connectivity index (χ3v) is 5.51. The number of amides is 1. The van der Waals surface area contributed by atoms with Crippen molar-refractivity contribution in [3.05, 3.63) is 46.5 Å². The SMILES string of the molecule is Cc1csc(SCc2ccc(C(=O)N3CCC3)cc2)n1. The fourth-order valence-electron chi connectivity index (χ4n) is 1.99. The van der Waals surface area contributed by atoms with Crippen LogP contribution in [0.3, 0.4) is 0 Å². The summed E-state index contributed by atoms with van der Waals surface area (Å²) in [6.07, 6.45) is 1.13. The Morgan fingerprint density at radius 3 is 2.65 bits per heavy atom. The first-order valence-electron chi connectivity index (χ1n) is 6.65. The molecule has 1 aromatic carbocycles. The molecular formula is C15H16N2OS2. The lowest BCUT2D eigenvalue weighted by Gasteiger charge is -2.30. The van der Waals surface area contributed by atoms with Gasteiger partial charge in [0, 0.05) is 35.5 Å². The van der Waals surface area contributed by atoms with Crippen LogP contribution in [-0.4, -0.2) is 28.9 Å².